The molecule has 1 aliphatic rings. The lowest BCUT2D eigenvalue weighted by atomic mass is 9.95. The highest BCUT2D eigenvalue weighted by atomic mass is 16.3. The molecule has 0 aliphatic heterocycles. The minimum absolute atomic E-state index is 0.445. The molecule has 2 aromatic heterocycles. The van der Waals surface area contributed by atoms with Gasteiger partial charge in [-0.2, -0.15) is 0 Å². The summed E-state index contributed by atoms with van der Waals surface area (Å²) in [6.07, 6.45) is 6.31. The number of benzene rings is 3. The van der Waals surface area contributed by atoms with Crippen LogP contribution in [0.2, 0.25) is 0 Å². The Bertz CT molecular complexity index is 1470. The molecular weight excluding hydrogens is 366 g/mol. The molecule has 0 saturated heterocycles. The van der Waals surface area contributed by atoms with Crippen molar-refractivity contribution < 1.29 is 10.4 Å². The summed E-state index contributed by atoms with van der Waals surface area (Å²) in [4.78, 5) is 0. The monoisotopic (exact) mass is 393 g/mol. The van der Waals surface area contributed by atoms with Gasteiger partial charge in [-0.3, -0.25) is 0 Å². The minimum Gasteiger partial charge on any atom is -0.455 e. The van der Waals surface area contributed by atoms with Gasteiger partial charge in [0.1, 0.15) is 18.2 Å². The molecule has 1 aliphatic carbocycles. The van der Waals surface area contributed by atoms with Gasteiger partial charge in [0.2, 0.25) is 5.69 Å². The lowest BCUT2D eigenvalue weighted by Crippen LogP contribution is -2.31. The molecule has 148 valence electrons. The van der Waals surface area contributed by atoms with Crippen LogP contribution in [0, 0.1) is 6.92 Å². The molecule has 1 fully saturated rings. The van der Waals surface area contributed by atoms with Crippen LogP contribution in [0.4, 0.5) is 0 Å². The van der Waals surface area contributed by atoms with Gasteiger partial charge in [-0.25, -0.2) is 4.57 Å². The van der Waals surface area contributed by atoms with Crippen LogP contribution < -0.4 is 4.57 Å². The average Bonchev–Trinajstić information content (AvgIpc) is 3.38. The molecule has 0 spiro atoms. The molecule has 30 heavy (non-hydrogen) atoms. The molecule has 1 saturated carbocycles. The second-order valence-electron chi connectivity index (χ2n) is 8.65. The third-order valence-electron chi connectivity index (χ3n) is 6.75. The van der Waals surface area contributed by atoms with Crippen molar-refractivity contribution in [1.29, 1.82) is 0 Å². The van der Waals surface area contributed by atoms with Crippen molar-refractivity contribution >= 4 is 32.7 Å². The van der Waals surface area contributed by atoms with Crippen molar-refractivity contribution in [2.45, 2.75) is 38.5 Å². The zero-order valence-corrected chi connectivity index (χ0v) is 17.5. The summed E-state index contributed by atoms with van der Waals surface area (Å²) in [6.45, 7) is 2.17. The zero-order valence-electron chi connectivity index (χ0n) is 18.5. The molecule has 0 N–H and O–H groups in total. The van der Waals surface area contributed by atoms with Gasteiger partial charge in [0.25, 0.3) is 0 Å². The summed E-state index contributed by atoms with van der Waals surface area (Å²) in [6, 6.07) is 21.5. The molecule has 0 unspecified atom stereocenters. The number of aromatic nitrogens is 1. The van der Waals surface area contributed by atoms with E-state index in [-0.39, 0.29) is 0 Å². The molecule has 3 aromatic carbocycles. The predicted molar refractivity (Wildman–Crippen MR) is 124 cm³/mol. The third kappa shape index (κ3) is 2.67. The molecule has 2 heteroatoms. The first-order valence-corrected chi connectivity index (χ1v) is 10.9. The molecule has 2 nitrogen and oxygen atoms in total. The van der Waals surface area contributed by atoms with E-state index in [0.29, 0.717) is 0 Å². The largest absolute Gasteiger partial charge is 0.455 e. The van der Waals surface area contributed by atoms with E-state index in [1.54, 1.807) is 0 Å². The standard InChI is InChI=1S/C28H26NO/c1-18-15-25-23-12-11-20-9-5-6-10-22(20)28(23)30-27(25)17-24(18)26-16-21(13-14-29(26)2)19-7-3-4-8-19/h5-6,9-17,19H,3-4,7-8H2,1-2H3/q+1/i19D. The number of hydrogen-bond donors (Lipinski definition) is 0. The van der Waals surface area contributed by atoms with Crippen molar-refractivity contribution in [2.24, 2.45) is 7.05 Å². The minimum atomic E-state index is -0.445. The van der Waals surface area contributed by atoms with E-state index in [4.69, 9.17) is 5.79 Å². The van der Waals surface area contributed by atoms with Crippen LogP contribution in [-0.2, 0) is 7.05 Å². The van der Waals surface area contributed by atoms with E-state index < -0.39 is 5.89 Å². The Balaban J connectivity index is 1.57. The first-order chi connectivity index (χ1) is 15.0. The van der Waals surface area contributed by atoms with Gasteiger partial charge in [-0.05, 0) is 60.4 Å². The van der Waals surface area contributed by atoms with Gasteiger partial charge in [0, 0.05) is 29.7 Å². The van der Waals surface area contributed by atoms with Crippen molar-refractivity contribution in [3.05, 3.63) is 78.0 Å². The lowest BCUT2D eigenvalue weighted by Gasteiger charge is -2.11. The highest BCUT2D eigenvalue weighted by molar-refractivity contribution is 6.15. The maximum Gasteiger partial charge on any atom is 0.212 e. The Morgan fingerprint density at radius 3 is 2.63 bits per heavy atom. The topological polar surface area (TPSA) is 17.0 Å². The number of fused-ring (bicyclic) bond motifs is 5. The maximum atomic E-state index is 8.96. The van der Waals surface area contributed by atoms with Gasteiger partial charge in [-0.15, -0.1) is 0 Å². The second kappa shape index (κ2) is 6.70. The molecular formula is C28H26NO+. The average molecular weight is 394 g/mol. The summed E-state index contributed by atoms with van der Waals surface area (Å²) in [5.41, 5.74) is 6.54. The smallest absolute Gasteiger partial charge is 0.212 e. The van der Waals surface area contributed by atoms with Crippen LogP contribution in [-0.4, -0.2) is 0 Å². The first kappa shape index (κ1) is 16.6. The van der Waals surface area contributed by atoms with E-state index in [1.807, 2.05) is 0 Å². The fourth-order valence-corrected chi connectivity index (χ4v) is 5.08. The van der Waals surface area contributed by atoms with Crippen LogP contribution in [0.1, 0.15) is 44.1 Å². The Hall–Kier alpha value is -3.13. The summed E-state index contributed by atoms with van der Waals surface area (Å²) in [5.74, 6) is -0.445. The second-order valence-corrected chi connectivity index (χ2v) is 8.65. The van der Waals surface area contributed by atoms with Gasteiger partial charge >= 0.3 is 0 Å². The van der Waals surface area contributed by atoms with Crippen LogP contribution in [0.5, 0.6) is 0 Å². The number of furan rings is 1. The van der Waals surface area contributed by atoms with E-state index in [9.17, 15) is 0 Å². The van der Waals surface area contributed by atoms with Gasteiger partial charge in [0.05, 0.1) is 5.56 Å². The van der Waals surface area contributed by atoms with E-state index >= 15 is 0 Å². The lowest BCUT2D eigenvalue weighted by molar-refractivity contribution is -0.660. The van der Waals surface area contributed by atoms with E-state index in [0.717, 1.165) is 64.3 Å². The fraction of sp³-hybridized carbons (Fsp3) is 0.250. The fourth-order valence-electron chi connectivity index (χ4n) is 5.08. The maximum absolute atomic E-state index is 8.96. The third-order valence-corrected chi connectivity index (χ3v) is 6.75. The Morgan fingerprint density at radius 1 is 0.933 bits per heavy atom. The SMILES string of the molecule is [2H]C1(c2cc[n+](C)c(-c3cc4oc5c6ccccc6ccc5c4cc3C)c2)CCCC1. The van der Waals surface area contributed by atoms with Gasteiger partial charge in [-0.1, -0.05) is 43.2 Å². The van der Waals surface area contributed by atoms with E-state index in [1.165, 1.54) is 16.5 Å². The molecule has 5 aromatic rings. The highest BCUT2D eigenvalue weighted by Crippen LogP contribution is 2.38. The summed E-state index contributed by atoms with van der Waals surface area (Å²) >= 11 is 0. The Labute approximate surface area is 178 Å². The molecule has 0 radical (unpaired) electrons. The van der Waals surface area contributed by atoms with Gasteiger partial charge in [0.15, 0.2) is 6.20 Å². The van der Waals surface area contributed by atoms with Crippen molar-refractivity contribution in [1.82, 2.24) is 0 Å². The normalized spacial score (nSPS) is 16.5. The molecule has 0 amide bonds. The highest BCUT2D eigenvalue weighted by Gasteiger charge is 2.22. The summed E-state index contributed by atoms with van der Waals surface area (Å²) in [5, 5.41) is 4.67. The number of nitrogens with zero attached hydrogens (tertiary/aromatic N) is 1. The summed E-state index contributed by atoms with van der Waals surface area (Å²) in [7, 11) is 2.08. The quantitative estimate of drug-likeness (QED) is 0.290. The van der Waals surface area contributed by atoms with Crippen molar-refractivity contribution in [2.75, 3.05) is 0 Å². The van der Waals surface area contributed by atoms with Crippen LogP contribution >= 0.6 is 0 Å². The Morgan fingerprint density at radius 2 is 1.77 bits per heavy atom. The number of hydrogen-bond acceptors (Lipinski definition) is 1. The van der Waals surface area contributed by atoms with Crippen molar-refractivity contribution in [3.8, 4) is 11.3 Å². The molecule has 2 heterocycles. The number of rotatable bonds is 2. The molecule has 6 rings (SSSR count). The number of pyridine rings is 1. The molecule has 0 bridgehead atoms. The van der Waals surface area contributed by atoms with Gasteiger partial charge < -0.3 is 4.42 Å². The zero-order chi connectivity index (χ0) is 21.2. The molecule has 0 atom stereocenters. The van der Waals surface area contributed by atoms with Crippen LogP contribution in [0.3, 0.4) is 0 Å². The number of aryl methyl sites for hydroxylation is 2. The first-order valence-electron chi connectivity index (χ1n) is 11.4. The Kier molecular flexibility index (Phi) is 3.72. The van der Waals surface area contributed by atoms with Crippen LogP contribution in [0.25, 0.3) is 44.0 Å². The van der Waals surface area contributed by atoms with Crippen LogP contribution in [0.15, 0.2) is 71.3 Å². The van der Waals surface area contributed by atoms with Crippen molar-refractivity contribution in [3.63, 3.8) is 0 Å². The predicted octanol–water partition coefficient (Wildman–Crippen LogP) is 7.20. The summed E-state index contributed by atoms with van der Waals surface area (Å²) < 4.78 is 17.5. The van der Waals surface area contributed by atoms with E-state index in [2.05, 4.69) is 85.4 Å².